The van der Waals surface area contributed by atoms with E-state index in [2.05, 4.69) is 5.32 Å². The second kappa shape index (κ2) is 8.95. The first-order valence-electron chi connectivity index (χ1n) is 7.69. The normalized spacial score (nSPS) is 21.5. The number of alkyl carbamates (subject to hydrolysis) is 1. The summed E-state index contributed by atoms with van der Waals surface area (Å²) in [5.74, 6) is -0.318. The molecule has 0 aromatic heterocycles. The Kier molecular flexibility index (Phi) is 7.61. The predicted octanol–water partition coefficient (Wildman–Crippen LogP) is 1.37. The molecule has 7 heteroatoms. The highest BCUT2D eigenvalue weighted by atomic mass is 16.6. The van der Waals surface area contributed by atoms with Crippen molar-refractivity contribution in [1.29, 1.82) is 0 Å². The number of hydrogen-bond acceptors (Lipinski definition) is 6. The molecule has 1 saturated heterocycles. The second-order valence-electron chi connectivity index (χ2n) is 6.36. The van der Waals surface area contributed by atoms with Crippen LogP contribution in [-0.4, -0.2) is 54.7 Å². The molecule has 0 aromatic carbocycles. The highest BCUT2D eigenvalue weighted by Crippen LogP contribution is 2.19. The maximum atomic E-state index is 11.6. The molecule has 1 amide bonds. The van der Waals surface area contributed by atoms with E-state index in [-0.39, 0.29) is 37.8 Å². The van der Waals surface area contributed by atoms with Crippen LogP contribution in [0.4, 0.5) is 4.79 Å². The van der Waals surface area contributed by atoms with Crippen LogP contribution >= 0.6 is 0 Å². The van der Waals surface area contributed by atoms with Crippen molar-refractivity contribution in [2.45, 2.75) is 64.3 Å². The Bertz CT molecular complexity index is 366. The number of aliphatic hydroxyl groups excluding tert-OH is 1. The molecule has 0 radical (unpaired) electrons. The lowest BCUT2D eigenvalue weighted by Gasteiger charge is -2.19. The molecule has 1 aliphatic heterocycles. The third-order valence-corrected chi connectivity index (χ3v) is 3.06. The first kappa shape index (κ1) is 18.7. The quantitative estimate of drug-likeness (QED) is 0.544. The topological polar surface area (TPSA) is 94.1 Å². The Morgan fingerprint density at radius 2 is 1.95 bits per heavy atom. The van der Waals surface area contributed by atoms with Gasteiger partial charge in [0.15, 0.2) is 0 Å². The summed E-state index contributed by atoms with van der Waals surface area (Å²) in [6.45, 7) is 5.94. The molecule has 0 spiro atoms. The van der Waals surface area contributed by atoms with Crippen LogP contribution in [0.25, 0.3) is 0 Å². The van der Waals surface area contributed by atoms with Gasteiger partial charge >= 0.3 is 12.1 Å². The number of aliphatic hydroxyl groups is 1. The monoisotopic (exact) mass is 317 g/mol. The summed E-state index contributed by atoms with van der Waals surface area (Å²) < 4.78 is 15.7. The van der Waals surface area contributed by atoms with E-state index >= 15 is 0 Å². The van der Waals surface area contributed by atoms with Crippen LogP contribution in [0.2, 0.25) is 0 Å². The van der Waals surface area contributed by atoms with Crippen molar-refractivity contribution in [2.75, 3.05) is 19.8 Å². The van der Waals surface area contributed by atoms with Gasteiger partial charge in [-0.05, 0) is 40.0 Å². The average molecular weight is 317 g/mol. The number of esters is 1. The fraction of sp³-hybridized carbons (Fsp3) is 0.867. The Balaban J connectivity index is 2.03. The summed E-state index contributed by atoms with van der Waals surface area (Å²) in [5, 5.41) is 11.5. The van der Waals surface area contributed by atoms with E-state index in [1.807, 2.05) is 0 Å². The first-order valence-corrected chi connectivity index (χ1v) is 7.69. The SMILES string of the molecule is CC(C)(C)OC(=O)NCCCC(=O)OCC1CCC(CO)O1. The zero-order chi connectivity index (χ0) is 16.6. The lowest BCUT2D eigenvalue weighted by molar-refractivity contribution is -0.148. The van der Waals surface area contributed by atoms with Crippen molar-refractivity contribution in [3.05, 3.63) is 0 Å². The molecule has 1 rings (SSSR count). The van der Waals surface area contributed by atoms with Gasteiger partial charge in [0.1, 0.15) is 12.2 Å². The molecule has 7 nitrogen and oxygen atoms in total. The van der Waals surface area contributed by atoms with E-state index < -0.39 is 11.7 Å². The molecule has 2 unspecified atom stereocenters. The minimum Gasteiger partial charge on any atom is -0.463 e. The zero-order valence-corrected chi connectivity index (χ0v) is 13.6. The number of nitrogens with one attached hydrogen (secondary N) is 1. The van der Waals surface area contributed by atoms with Crippen LogP contribution in [0.5, 0.6) is 0 Å². The highest BCUT2D eigenvalue weighted by molar-refractivity contribution is 5.70. The second-order valence-corrected chi connectivity index (χ2v) is 6.36. The predicted molar refractivity (Wildman–Crippen MR) is 79.4 cm³/mol. The minimum absolute atomic E-state index is 0.000775. The Labute approximate surface area is 131 Å². The summed E-state index contributed by atoms with van der Waals surface area (Å²) in [5.41, 5.74) is -0.531. The lowest BCUT2D eigenvalue weighted by atomic mass is 10.2. The summed E-state index contributed by atoms with van der Waals surface area (Å²) in [6.07, 6.45) is 1.55. The summed E-state index contributed by atoms with van der Waals surface area (Å²) in [6, 6.07) is 0. The van der Waals surface area contributed by atoms with E-state index in [9.17, 15) is 9.59 Å². The molecule has 22 heavy (non-hydrogen) atoms. The molecule has 0 aliphatic carbocycles. The standard InChI is InChI=1S/C15H27NO6/c1-15(2,3)22-14(19)16-8-4-5-13(18)20-10-12-7-6-11(9-17)21-12/h11-12,17H,4-10H2,1-3H3,(H,16,19). The Morgan fingerprint density at radius 1 is 1.27 bits per heavy atom. The number of amides is 1. The number of carbonyl (C=O) groups excluding carboxylic acids is 2. The molecule has 1 fully saturated rings. The van der Waals surface area contributed by atoms with Gasteiger partial charge in [-0.3, -0.25) is 4.79 Å². The number of ether oxygens (including phenoxy) is 3. The van der Waals surface area contributed by atoms with Crippen molar-refractivity contribution in [2.24, 2.45) is 0 Å². The van der Waals surface area contributed by atoms with Gasteiger partial charge < -0.3 is 24.6 Å². The van der Waals surface area contributed by atoms with Crippen LogP contribution in [-0.2, 0) is 19.0 Å². The minimum atomic E-state index is -0.531. The molecule has 0 bridgehead atoms. The van der Waals surface area contributed by atoms with Crippen molar-refractivity contribution in [3.8, 4) is 0 Å². The number of carbonyl (C=O) groups is 2. The maximum absolute atomic E-state index is 11.6. The molecular formula is C15H27NO6. The summed E-state index contributed by atoms with van der Waals surface area (Å²) in [7, 11) is 0. The van der Waals surface area contributed by atoms with Crippen LogP contribution in [0.1, 0.15) is 46.5 Å². The van der Waals surface area contributed by atoms with Gasteiger partial charge in [-0.15, -0.1) is 0 Å². The third-order valence-electron chi connectivity index (χ3n) is 3.06. The lowest BCUT2D eigenvalue weighted by Crippen LogP contribution is -2.33. The van der Waals surface area contributed by atoms with E-state index in [0.717, 1.165) is 12.8 Å². The van der Waals surface area contributed by atoms with E-state index in [0.29, 0.717) is 13.0 Å². The van der Waals surface area contributed by atoms with Gasteiger partial charge in [0.2, 0.25) is 0 Å². The van der Waals surface area contributed by atoms with Gasteiger partial charge in [0, 0.05) is 13.0 Å². The zero-order valence-electron chi connectivity index (χ0n) is 13.6. The Hall–Kier alpha value is -1.34. The van der Waals surface area contributed by atoms with Crippen molar-refractivity contribution in [3.63, 3.8) is 0 Å². The molecule has 0 saturated carbocycles. The molecule has 2 N–H and O–H groups in total. The van der Waals surface area contributed by atoms with Gasteiger partial charge in [0.25, 0.3) is 0 Å². The van der Waals surface area contributed by atoms with Gasteiger partial charge in [-0.25, -0.2) is 4.79 Å². The van der Waals surface area contributed by atoms with Crippen molar-refractivity contribution in [1.82, 2.24) is 5.32 Å². The van der Waals surface area contributed by atoms with Crippen molar-refractivity contribution < 1.29 is 28.9 Å². The highest BCUT2D eigenvalue weighted by Gasteiger charge is 2.25. The van der Waals surface area contributed by atoms with Crippen LogP contribution in [0, 0.1) is 0 Å². The molecule has 0 aromatic rings. The Morgan fingerprint density at radius 3 is 2.55 bits per heavy atom. The molecule has 128 valence electrons. The van der Waals surface area contributed by atoms with Gasteiger partial charge in [-0.1, -0.05) is 0 Å². The first-order chi connectivity index (χ1) is 10.3. The molecule has 2 atom stereocenters. The van der Waals surface area contributed by atoms with E-state index in [4.69, 9.17) is 19.3 Å². The van der Waals surface area contributed by atoms with Gasteiger partial charge in [-0.2, -0.15) is 0 Å². The van der Waals surface area contributed by atoms with E-state index in [1.54, 1.807) is 20.8 Å². The maximum Gasteiger partial charge on any atom is 0.407 e. The van der Waals surface area contributed by atoms with Crippen LogP contribution in [0.3, 0.4) is 0 Å². The van der Waals surface area contributed by atoms with Gasteiger partial charge in [0.05, 0.1) is 18.8 Å². The van der Waals surface area contributed by atoms with Crippen LogP contribution in [0.15, 0.2) is 0 Å². The fourth-order valence-electron chi connectivity index (χ4n) is 2.03. The molecule has 1 heterocycles. The van der Waals surface area contributed by atoms with Crippen LogP contribution < -0.4 is 5.32 Å². The molecular weight excluding hydrogens is 290 g/mol. The largest absolute Gasteiger partial charge is 0.463 e. The smallest absolute Gasteiger partial charge is 0.407 e. The third kappa shape index (κ3) is 8.19. The molecule has 1 aliphatic rings. The number of hydrogen-bond donors (Lipinski definition) is 2. The van der Waals surface area contributed by atoms with Crippen molar-refractivity contribution >= 4 is 12.1 Å². The summed E-state index contributed by atoms with van der Waals surface area (Å²) >= 11 is 0. The van der Waals surface area contributed by atoms with E-state index in [1.165, 1.54) is 0 Å². The number of rotatable bonds is 7. The fourth-order valence-corrected chi connectivity index (χ4v) is 2.03. The summed E-state index contributed by atoms with van der Waals surface area (Å²) in [4.78, 5) is 22.9. The average Bonchev–Trinajstić information content (AvgIpc) is 2.87.